The first-order chi connectivity index (χ1) is 19.9. The number of carbonyl (C=O) groups excluding carboxylic acids is 1. The molecule has 0 saturated carbocycles. The average Bonchev–Trinajstić information content (AvgIpc) is 3.58. The van der Waals surface area contributed by atoms with Crippen molar-refractivity contribution >= 4 is 5.97 Å². The Labute approximate surface area is 251 Å². The SMILES string of the molecule is CCCCCCCCCCCCCC[C@@H](O)[C@H]1CC[C@H]([C@H](O)CC[C@H](O)CCCCCCCC2=C[C@H](C)OC2=O)O1. The topological polar surface area (TPSA) is 96.2 Å². The molecule has 6 heteroatoms. The number of cyclic esters (lactones) is 1. The summed E-state index contributed by atoms with van der Waals surface area (Å²) in [5.74, 6) is -0.160. The van der Waals surface area contributed by atoms with Gasteiger partial charge >= 0.3 is 5.97 Å². The van der Waals surface area contributed by atoms with E-state index in [1.165, 1.54) is 70.6 Å². The molecule has 0 amide bonds. The van der Waals surface area contributed by atoms with E-state index in [1.54, 1.807) is 0 Å². The molecule has 2 aliphatic heterocycles. The molecule has 0 unspecified atom stereocenters. The first-order valence-corrected chi connectivity index (χ1v) is 17.5. The molecule has 41 heavy (non-hydrogen) atoms. The van der Waals surface area contributed by atoms with E-state index >= 15 is 0 Å². The maximum absolute atomic E-state index is 11.6. The molecule has 0 spiro atoms. The smallest absolute Gasteiger partial charge is 0.334 e. The van der Waals surface area contributed by atoms with E-state index in [9.17, 15) is 20.1 Å². The summed E-state index contributed by atoms with van der Waals surface area (Å²) in [6.45, 7) is 4.15. The molecule has 2 aliphatic rings. The Bertz CT molecular complexity index is 694. The van der Waals surface area contributed by atoms with Crippen molar-refractivity contribution in [3.63, 3.8) is 0 Å². The van der Waals surface area contributed by atoms with Gasteiger partial charge in [-0.25, -0.2) is 4.79 Å². The largest absolute Gasteiger partial charge is 0.455 e. The molecule has 0 aromatic heterocycles. The molecule has 0 aromatic carbocycles. The average molecular weight is 581 g/mol. The second kappa shape index (κ2) is 22.6. The molecule has 0 radical (unpaired) electrons. The van der Waals surface area contributed by atoms with Crippen LogP contribution in [0.4, 0.5) is 0 Å². The zero-order chi connectivity index (χ0) is 29.7. The quantitative estimate of drug-likeness (QED) is 0.0707. The highest BCUT2D eigenvalue weighted by Gasteiger charge is 2.34. The summed E-state index contributed by atoms with van der Waals surface area (Å²) in [6, 6.07) is 0. The van der Waals surface area contributed by atoms with Gasteiger partial charge in [0, 0.05) is 5.57 Å². The van der Waals surface area contributed by atoms with Crippen LogP contribution in [0.2, 0.25) is 0 Å². The van der Waals surface area contributed by atoms with Crippen molar-refractivity contribution in [3.05, 3.63) is 11.6 Å². The first kappa shape index (κ1) is 36.2. The Kier molecular flexibility index (Phi) is 20.0. The standard InChI is InChI=1S/C35H64O6/c1-3-4-5-6-7-8-9-10-11-12-16-19-22-31(37)33-25-26-34(41-33)32(38)24-23-30(36)21-18-15-13-14-17-20-29-27-28(2)40-35(29)39/h27-28,30-34,36-38H,3-26H2,1-2H3/t28-,30+,31+,32+,33+,34+/m0/s1. The number of aliphatic hydroxyl groups excluding tert-OH is 3. The highest BCUT2D eigenvalue weighted by atomic mass is 16.5. The normalized spacial score (nSPS) is 23.0. The maximum Gasteiger partial charge on any atom is 0.334 e. The summed E-state index contributed by atoms with van der Waals surface area (Å²) in [5, 5.41) is 31.6. The maximum atomic E-state index is 11.6. The van der Waals surface area contributed by atoms with Crippen LogP contribution >= 0.6 is 0 Å². The molecule has 0 aromatic rings. The van der Waals surface area contributed by atoms with E-state index in [0.29, 0.717) is 12.8 Å². The number of carbonyl (C=O) groups is 1. The fourth-order valence-corrected chi connectivity index (χ4v) is 6.37. The zero-order valence-corrected chi connectivity index (χ0v) is 26.6. The summed E-state index contributed by atoms with van der Waals surface area (Å²) >= 11 is 0. The summed E-state index contributed by atoms with van der Waals surface area (Å²) in [7, 11) is 0. The van der Waals surface area contributed by atoms with Crippen molar-refractivity contribution in [1.29, 1.82) is 0 Å². The molecule has 6 atom stereocenters. The number of hydrogen-bond acceptors (Lipinski definition) is 6. The minimum absolute atomic E-state index is 0.0836. The van der Waals surface area contributed by atoms with Crippen molar-refractivity contribution < 1.29 is 29.6 Å². The van der Waals surface area contributed by atoms with Crippen LogP contribution in [0.3, 0.4) is 0 Å². The third-order valence-electron chi connectivity index (χ3n) is 9.07. The van der Waals surface area contributed by atoms with Gasteiger partial charge in [0.2, 0.25) is 0 Å². The van der Waals surface area contributed by atoms with Crippen LogP contribution in [0.15, 0.2) is 11.6 Å². The fourth-order valence-electron chi connectivity index (χ4n) is 6.37. The van der Waals surface area contributed by atoms with Gasteiger partial charge in [-0.1, -0.05) is 110 Å². The Morgan fingerprint density at radius 1 is 0.683 bits per heavy atom. The van der Waals surface area contributed by atoms with Gasteiger partial charge in [-0.2, -0.15) is 0 Å². The predicted octanol–water partition coefficient (Wildman–Crippen LogP) is 8.09. The van der Waals surface area contributed by atoms with Gasteiger partial charge in [0.05, 0.1) is 30.5 Å². The third-order valence-corrected chi connectivity index (χ3v) is 9.07. The van der Waals surface area contributed by atoms with Crippen LogP contribution in [0.25, 0.3) is 0 Å². The van der Waals surface area contributed by atoms with E-state index in [0.717, 1.165) is 76.2 Å². The Balaban J connectivity index is 1.40. The number of unbranched alkanes of at least 4 members (excludes halogenated alkanes) is 15. The Morgan fingerprint density at radius 2 is 1.17 bits per heavy atom. The van der Waals surface area contributed by atoms with E-state index < -0.39 is 18.3 Å². The van der Waals surface area contributed by atoms with Crippen LogP contribution in [0.5, 0.6) is 0 Å². The van der Waals surface area contributed by atoms with E-state index in [-0.39, 0.29) is 24.3 Å². The van der Waals surface area contributed by atoms with Gasteiger partial charge < -0.3 is 24.8 Å². The molecule has 0 aliphatic carbocycles. The van der Waals surface area contributed by atoms with Gasteiger partial charge in [-0.15, -0.1) is 0 Å². The van der Waals surface area contributed by atoms with Crippen molar-refractivity contribution in [2.45, 2.75) is 205 Å². The van der Waals surface area contributed by atoms with Crippen molar-refractivity contribution in [3.8, 4) is 0 Å². The van der Waals surface area contributed by atoms with Gasteiger partial charge in [-0.05, 0) is 64.4 Å². The van der Waals surface area contributed by atoms with Crippen molar-refractivity contribution in [2.75, 3.05) is 0 Å². The molecule has 240 valence electrons. The van der Waals surface area contributed by atoms with Gasteiger partial charge in [0.1, 0.15) is 6.10 Å². The first-order valence-electron chi connectivity index (χ1n) is 17.5. The molecule has 0 bridgehead atoms. The molecule has 1 saturated heterocycles. The summed E-state index contributed by atoms with van der Waals surface area (Å²) < 4.78 is 11.2. The fraction of sp³-hybridized carbons (Fsp3) is 0.914. The lowest BCUT2D eigenvalue weighted by Crippen LogP contribution is -2.31. The highest BCUT2D eigenvalue weighted by molar-refractivity contribution is 5.90. The number of aliphatic hydroxyl groups is 3. The molecule has 1 fully saturated rings. The number of ether oxygens (including phenoxy) is 2. The van der Waals surface area contributed by atoms with Crippen LogP contribution in [-0.4, -0.2) is 57.9 Å². The van der Waals surface area contributed by atoms with E-state index in [1.807, 2.05) is 13.0 Å². The summed E-state index contributed by atoms with van der Waals surface area (Å²) in [4.78, 5) is 11.6. The summed E-state index contributed by atoms with van der Waals surface area (Å²) in [6.07, 6.45) is 26.1. The molecule has 2 heterocycles. The van der Waals surface area contributed by atoms with E-state index in [2.05, 4.69) is 6.92 Å². The number of rotatable bonds is 26. The second-order valence-electron chi connectivity index (χ2n) is 12.9. The highest BCUT2D eigenvalue weighted by Crippen LogP contribution is 2.28. The summed E-state index contributed by atoms with van der Waals surface area (Å²) in [5.41, 5.74) is 0.818. The van der Waals surface area contributed by atoms with Crippen LogP contribution < -0.4 is 0 Å². The van der Waals surface area contributed by atoms with Crippen LogP contribution in [0, 0.1) is 0 Å². The van der Waals surface area contributed by atoms with Gasteiger partial charge in [0.25, 0.3) is 0 Å². The lowest BCUT2D eigenvalue weighted by Gasteiger charge is -2.23. The van der Waals surface area contributed by atoms with Gasteiger partial charge in [-0.3, -0.25) is 0 Å². The zero-order valence-electron chi connectivity index (χ0n) is 26.6. The minimum atomic E-state index is -0.576. The third kappa shape index (κ3) is 16.5. The van der Waals surface area contributed by atoms with Crippen LogP contribution in [-0.2, 0) is 14.3 Å². The van der Waals surface area contributed by atoms with Crippen LogP contribution in [0.1, 0.15) is 168 Å². The van der Waals surface area contributed by atoms with Gasteiger partial charge in [0.15, 0.2) is 0 Å². The lowest BCUT2D eigenvalue weighted by molar-refractivity contribution is -0.139. The van der Waals surface area contributed by atoms with Crippen molar-refractivity contribution in [2.24, 2.45) is 0 Å². The Hall–Kier alpha value is -0.950. The molecular formula is C35H64O6. The predicted molar refractivity (Wildman–Crippen MR) is 167 cm³/mol. The minimum Gasteiger partial charge on any atom is -0.455 e. The Morgan fingerprint density at radius 3 is 1.71 bits per heavy atom. The lowest BCUT2D eigenvalue weighted by atomic mass is 9.99. The van der Waals surface area contributed by atoms with Crippen molar-refractivity contribution in [1.82, 2.24) is 0 Å². The number of hydrogen-bond donors (Lipinski definition) is 3. The molecule has 3 N–H and O–H groups in total. The second-order valence-corrected chi connectivity index (χ2v) is 12.9. The number of esters is 1. The molecule has 6 nitrogen and oxygen atoms in total. The molecular weight excluding hydrogens is 516 g/mol. The molecule has 2 rings (SSSR count). The monoisotopic (exact) mass is 580 g/mol. The van der Waals surface area contributed by atoms with E-state index in [4.69, 9.17) is 9.47 Å².